The van der Waals surface area contributed by atoms with Crippen LogP contribution in [0.2, 0.25) is 0 Å². The van der Waals surface area contributed by atoms with Gasteiger partial charge in [-0.05, 0) is 26.0 Å². The molecule has 1 heterocycles. The molecule has 2 rings (SSSR count). The van der Waals surface area contributed by atoms with Crippen LogP contribution >= 0.6 is 0 Å². The van der Waals surface area contributed by atoms with Gasteiger partial charge in [-0.2, -0.15) is 4.98 Å². The monoisotopic (exact) mass is 311 g/mol. The zero-order chi connectivity index (χ0) is 15.8. The van der Waals surface area contributed by atoms with Crippen LogP contribution in [0.25, 0.3) is 11.1 Å². The second kappa shape index (κ2) is 5.36. The molecule has 1 aromatic heterocycles. The smallest absolute Gasteiger partial charge is 0.316 e. The number of sulfone groups is 1. The lowest BCUT2D eigenvalue weighted by Gasteiger charge is -2.20. The van der Waals surface area contributed by atoms with E-state index in [-0.39, 0.29) is 11.6 Å². The summed E-state index contributed by atoms with van der Waals surface area (Å²) in [7, 11) is -2.37. The van der Waals surface area contributed by atoms with Gasteiger partial charge in [0, 0.05) is 24.8 Å². The minimum Gasteiger partial charge on any atom is -0.428 e. The SMILES string of the molecule is CC(C)N(C)C(=O)CS(=O)(=O)c1nc2ccc(N)cc2o1. The third-order valence-corrected chi connectivity index (χ3v) is 4.47. The Labute approximate surface area is 122 Å². The standard InChI is InChI=1S/C13H17N3O4S/c1-8(2)16(3)12(17)7-21(18,19)13-15-10-5-4-9(14)6-11(10)20-13/h4-6,8H,7,14H2,1-3H3. The Morgan fingerprint density at radius 2 is 2.10 bits per heavy atom. The maximum absolute atomic E-state index is 12.2. The van der Waals surface area contributed by atoms with Crippen LogP contribution in [-0.2, 0) is 14.6 Å². The van der Waals surface area contributed by atoms with Crippen LogP contribution in [0, 0.1) is 0 Å². The van der Waals surface area contributed by atoms with Crippen molar-refractivity contribution in [3.63, 3.8) is 0 Å². The number of anilines is 1. The lowest BCUT2D eigenvalue weighted by molar-refractivity contribution is -0.128. The summed E-state index contributed by atoms with van der Waals surface area (Å²) >= 11 is 0. The number of rotatable bonds is 4. The Morgan fingerprint density at radius 1 is 1.43 bits per heavy atom. The molecule has 0 saturated carbocycles. The Balaban J connectivity index is 2.31. The van der Waals surface area contributed by atoms with E-state index >= 15 is 0 Å². The first-order chi connectivity index (χ1) is 9.70. The van der Waals surface area contributed by atoms with Crippen LogP contribution in [-0.4, -0.2) is 43.1 Å². The highest BCUT2D eigenvalue weighted by molar-refractivity contribution is 7.91. The van der Waals surface area contributed by atoms with E-state index in [0.717, 1.165) is 0 Å². The molecular weight excluding hydrogens is 294 g/mol. The van der Waals surface area contributed by atoms with Crippen LogP contribution in [0.1, 0.15) is 13.8 Å². The number of hydrogen-bond acceptors (Lipinski definition) is 6. The van der Waals surface area contributed by atoms with Gasteiger partial charge in [-0.1, -0.05) is 0 Å². The third kappa shape index (κ3) is 3.15. The lowest BCUT2D eigenvalue weighted by Crippen LogP contribution is -2.37. The number of carbonyl (C=O) groups excluding carboxylic acids is 1. The lowest BCUT2D eigenvalue weighted by atomic mass is 10.3. The number of oxazole rings is 1. The van der Waals surface area contributed by atoms with Gasteiger partial charge >= 0.3 is 5.22 Å². The van der Waals surface area contributed by atoms with Crippen molar-refractivity contribution in [1.82, 2.24) is 9.88 Å². The topological polar surface area (TPSA) is 106 Å². The fraction of sp³-hybridized carbons (Fsp3) is 0.385. The van der Waals surface area contributed by atoms with Crippen LogP contribution in [0.3, 0.4) is 0 Å². The van der Waals surface area contributed by atoms with E-state index in [9.17, 15) is 13.2 Å². The average Bonchev–Trinajstić information content (AvgIpc) is 2.80. The molecule has 0 spiro atoms. The summed E-state index contributed by atoms with van der Waals surface area (Å²) < 4.78 is 29.6. The van der Waals surface area contributed by atoms with E-state index in [4.69, 9.17) is 10.2 Å². The van der Waals surface area contributed by atoms with Crippen molar-refractivity contribution in [3.8, 4) is 0 Å². The average molecular weight is 311 g/mol. The van der Waals surface area contributed by atoms with Gasteiger partial charge in [0.2, 0.25) is 15.7 Å². The van der Waals surface area contributed by atoms with E-state index < -0.39 is 26.7 Å². The Kier molecular flexibility index (Phi) is 3.91. The van der Waals surface area contributed by atoms with Crippen LogP contribution in [0.4, 0.5) is 5.69 Å². The van der Waals surface area contributed by atoms with E-state index in [1.807, 2.05) is 0 Å². The zero-order valence-electron chi connectivity index (χ0n) is 12.0. The second-order valence-corrected chi connectivity index (χ2v) is 6.93. The summed E-state index contributed by atoms with van der Waals surface area (Å²) in [4.78, 5) is 17.2. The summed E-state index contributed by atoms with van der Waals surface area (Å²) in [6.07, 6.45) is 0. The summed E-state index contributed by atoms with van der Waals surface area (Å²) in [6.45, 7) is 3.60. The Bertz CT molecular complexity index is 780. The van der Waals surface area contributed by atoms with Gasteiger partial charge in [0.1, 0.15) is 11.3 Å². The van der Waals surface area contributed by atoms with Gasteiger partial charge < -0.3 is 15.1 Å². The molecule has 1 amide bonds. The molecule has 0 aliphatic heterocycles. The molecule has 0 fully saturated rings. The van der Waals surface area contributed by atoms with E-state index in [0.29, 0.717) is 11.2 Å². The molecule has 21 heavy (non-hydrogen) atoms. The summed E-state index contributed by atoms with van der Waals surface area (Å²) in [5.41, 5.74) is 6.70. The number of fused-ring (bicyclic) bond motifs is 1. The predicted octanol–water partition coefficient (Wildman–Crippen LogP) is 1.05. The molecule has 114 valence electrons. The van der Waals surface area contributed by atoms with Crippen molar-refractivity contribution in [1.29, 1.82) is 0 Å². The van der Waals surface area contributed by atoms with Crippen molar-refractivity contribution in [2.24, 2.45) is 0 Å². The van der Waals surface area contributed by atoms with Crippen molar-refractivity contribution < 1.29 is 17.6 Å². The first-order valence-corrected chi connectivity index (χ1v) is 8.00. The zero-order valence-corrected chi connectivity index (χ0v) is 12.8. The first kappa shape index (κ1) is 15.3. The largest absolute Gasteiger partial charge is 0.428 e. The molecule has 0 bridgehead atoms. The molecular formula is C13H17N3O4S. The quantitative estimate of drug-likeness (QED) is 0.846. The Morgan fingerprint density at radius 3 is 2.71 bits per heavy atom. The number of nitrogens with zero attached hydrogens (tertiary/aromatic N) is 2. The minimum absolute atomic E-state index is 0.0869. The van der Waals surface area contributed by atoms with Gasteiger partial charge in [-0.3, -0.25) is 4.79 Å². The molecule has 2 aromatic rings. The number of carbonyl (C=O) groups is 1. The van der Waals surface area contributed by atoms with Gasteiger partial charge in [0.25, 0.3) is 0 Å². The molecule has 1 aromatic carbocycles. The molecule has 8 heteroatoms. The summed E-state index contributed by atoms with van der Waals surface area (Å²) in [6, 6.07) is 4.56. The molecule has 0 atom stereocenters. The number of amides is 1. The summed E-state index contributed by atoms with van der Waals surface area (Å²) in [5, 5.41) is -0.464. The fourth-order valence-corrected chi connectivity index (χ4v) is 2.77. The number of nitrogen functional groups attached to an aromatic ring is 1. The molecule has 2 N–H and O–H groups in total. The highest BCUT2D eigenvalue weighted by atomic mass is 32.2. The predicted molar refractivity (Wildman–Crippen MR) is 78.4 cm³/mol. The van der Waals surface area contributed by atoms with E-state index in [1.165, 1.54) is 11.0 Å². The summed E-state index contributed by atoms with van der Waals surface area (Å²) in [5.74, 6) is -1.18. The molecule has 0 aliphatic rings. The van der Waals surface area contributed by atoms with E-state index in [1.54, 1.807) is 33.0 Å². The molecule has 7 nitrogen and oxygen atoms in total. The maximum Gasteiger partial charge on any atom is 0.316 e. The van der Waals surface area contributed by atoms with Crippen molar-refractivity contribution >= 4 is 32.5 Å². The maximum atomic E-state index is 12.2. The van der Waals surface area contributed by atoms with Gasteiger partial charge in [-0.15, -0.1) is 0 Å². The van der Waals surface area contributed by atoms with Gasteiger partial charge in [0.05, 0.1) is 0 Å². The highest BCUT2D eigenvalue weighted by Gasteiger charge is 2.27. The van der Waals surface area contributed by atoms with Crippen LogP contribution in [0.5, 0.6) is 0 Å². The van der Waals surface area contributed by atoms with Crippen molar-refractivity contribution in [2.75, 3.05) is 18.5 Å². The second-order valence-electron chi connectivity index (χ2n) is 5.06. The minimum atomic E-state index is -3.92. The van der Waals surface area contributed by atoms with E-state index in [2.05, 4.69) is 4.98 Å². The highest BCUT2D eigenvalue weighted by Crippen LogP contribution is 2.22. The van der Waals surface area contributed by atoms with Gasteiger partial charge in [-0.25, -0.2) is 8.42 Å². The Hall–Kier alpha value is -2.09. The molecule has 0 aliphatic carbocycles. The normalized spacial score (nSPS) is 12.0. The van der Waals surface area contributed by atoms with Gasteiger partial charge in [0.15, 0.2) is 5.58 Å². The van der Waals surface area contributed by atoms with Crippen LogP contribution in [0.15, 0.2) is 27.8 Å². The van der Waals surface area contributed by atoms with Crippen LogP contribution < -0.4 is 5.73 Å². The first-order valence-electron chi connectivity index (χ1n) is 6.35. The molecule has 0 saturated heterocycles. The number of benzene rings is 1. The number of hydrogen-bond donors (Lipinski definition) is 1. The van der Waals surface area contributed by atoms with Crippen molar-refractivity contribution in [3.05, 3.63) is 18.2 Å². The third-order valence-electron chi connectivity index (χ3n) is 3.14. The fourth-order valence-electron chi connectivity index (χ4n) is 1.67. The van der Waals surface area contributed by atoms with Crippen molar-refractivity contribution in [2.45, 2.75) is 25.1 Å². The number of aromatic nitrogens is 1. The molecule has 0 radical (unpaired) electrons. The molecule has 0 unspecified atom stereocenters. The number of nitrogens with two attached hydrogens (primary N) is 1.